The van der Waals surface area contributed by atoms with E-state index in [0.29, 0.717) is 9.36 Å². The topological polar surface area (TPSA) is 130 Å². The van der Waals surface area contributed by atoms with Gasteiger partial charge in [0, 0.05) is 23.1 Å². The van der Waals surface area contributed by atoms with Crippen molar-refractivity contribution in [3.63, 3.8) is 0 Å². The van der Waals surface area contributed by atoms with E-state index in [4.69, 9.17) is 10.7 Å². The highest BCUT2D eigenvalue weighted by atomic mass is 35.7. The molecule has 2 aromatic rings. The van der Waals surface area contributed by atoms with E-state index in [1.54, 1.807) is 0 Å². The Bertz CT molecular complexity index is 930. The zero-order valence-electron chi connectivity index (χ0n) is 13.2. The molecule has 0 atom stereocenters. The van der Waals surface area contributed by atoms with Gasteiger partial charge in [-0.15, -0.1) is 0 Å². The largest absolute Gasteiger partial charge is 0.408 e. The first kappa shape index (κ1) is 24.2. The maximum Gasteiger partial charge on any atom is 0.408 e. The predicted octanol–water partition coefficient (Wildman–Crippen LogP) is 1.47. The van der Waals surface area contributed by atoms with Gasteiger partial charge in [-0.1, -0.05) is 0 Å². The summed E-state index contributed by atoms with van der Waals surface area (Å²) in [7, 11) is -3.12. The summed E-state index contributed by atoms with van der Waals surface area (Å²) in [5.74, 6) is 0. The molecule has 0 saturated heterocycles. The van der Waals surface area contributed by atoms with Crippen LogP contribution in [0.1, 0.15) is 0 Å². The molecule has 0 aliphatic carbocycles. The summed E-state index contributed by atoms with van der Waals surface area (Å²) < 4.78 is 114. The van der Waals surface area contributed by atoms with Gasteiger partial charge >= 0.3 is 12.4 Å². The number of primary sulfonamides is 1. The average Bonchev–Trinajstić information content (AvgIpc) is 3.03. The molecule has 9 nitrogen and oxygen atoms in total. The SMILES string of the molecule is NS(=O)(=O)c1cnn(CC(F)(F)F)c1.O=S(=O)(Cl)c1cnn(CC(F)(F)F)c1. The van der Waals surface area contributed by atoms with Gasteiger partial charge in [0.25, 0.3) is 9.05 Å². The molecule has 0 radical (unpaired) electrons. The normalized spacial score (nSPS) is 13.1. The second-order valence-corrected chi connectivity index (χ2v) is 9.09. The van der Waals surface area contributed by atoms with E-state index in [2.05, 4.69) is 15.3 Å². The van der Waals surface area contributed by atoms with Crippen LogP contribution in [-0.2, 0) is 32.2 Å². The second kappa shape index (κ2) is 8.26. The zero-order valence-corrected chi connectivity index (χ0v) is 15.6. The lowest BCUT2D eigenvalue weighted by Gasteiger charge is -2.04. The third-order valence-electron chi connectivity index (χ3n) is 2.51. The highest BCUT2D eigenvalue weighted by Gasteiger charge is 2.29. The molecular weight excluding hydrogens is 468 g/mol. The van der Waals surface area contributed by atoms with E-state index in [1.165, 1.54) is 0 Å². The molecule has 2 heterocycles. The summed E-state index contributed by atoms with van der Waals surface area (Å²) in [6.07, 6.45) is -5.92. The fourth-order valence-corrected chi connectivity index (χ4v) is 2.62. The monoisotopic (exact) mass is 477 g/mol. The number of aromatic nitrogens is 4. The van der Waals surface area contributed by atoms with Crippen LogP contribution < -0.4 is 5.14 Å². The Hall–Kier alpha value is -1.85. The van der Waals surface area contributed by atoms with Crippen LogP contribution in [0.3, 0.4) is 0 Å². The van der Waals surface area contributed by atoms with Crippen LogP contribution in [0.15, 0.2) is 34.6 Å². The summed E-state index contributed by atoms with van der Waals surface area (Å²) in [5, 5.41) is 11.1. The molecule has 0 amide bonds. The Balaban J connectivity index is 0.000000280. The lowest BCUT2D eigenvalue weighted by Crippen LogP contribution is -2.18. The zero-order chi connectivity index (χ0) is 22.0. The fraction of sp³-hybridized carbons (Fsp3) is 0.400. The van der Waals surface area contributed by atoms with Crippen molar-refractivity contribution < 1.29 is 43.2 Å². The van der Waals surface area contributed by atoms with E-state index >= 15 is 0 Å². The van der Waals surface area contributed by atoms with Crippen LogP contribution in [0.2, 0.25) is 0 Å². The summed E-state index contributed by atoms with van der Waals surface area (Å²) >= 11 is 0. The number of hydrogen-bond acceptors (Lipinski definition) is 6. The van der Waals surface area contributed by atoms with Crippen LogP contribution in [0.25, 0.3) is 0 Å². The first-order valence-electron chi connectivity index (χ1n) is 6.53. The van der Waals surface area contributed by atoms with Gasteiger partial charge in [0.15, 0.2) is 0 Å². The molecule has 18 heteroatoms. The van der Waals surface area contributed by atoms with Crippen molar-refractivity contribution >= 4 is 29.8 Å². The van der Waals surface area contributed by atoms with Gasteiger partial charge in [0.05, 0.1) is 12.4 Å². The van der Waals surface area contributed by atoms with Crippen LogP contribution in [0.5, 0.6) is 0 Å². The van der Waals surface area contributed by atoms with Crippen molar-refractivity contribution in [2.75, 3.05) is 0 Å². The number of nitrogens with zero attached hydrogens (tertiary/aromatic N) is 4. The molecule has 2 rings (SSSR count). The van der Waals surface area contributed by atoms with Gasteiger partial charge in [-0.05, 0) is 0 Å². The number of nitrogens with two attached hydrogens (primary N) is 1. The van der Waals surface area contributed by atoms with E-state index in [1.807, 2.05) is 0 Å². The Morgan fingerprint density at radius 3 is 1.46 bits per heavy atom. The van der Waals surface area contributed by atoms with Crippen molar-refractivity contribution in [1.29, 1.82) is 0 Å². The Kier molecular flexibility index (Phi) is 7.13. The van der Waals surface area contributed by atoms with Crippen LogP contribution in [0, 0.1) is 0 Å². The molecule has 160 valence electrons. The number of halogens is 7. The second-order valence-electron chi connectivity index (χ2n) is 4.96. The summed E-state index contributed by atoms with van der Waals surface area (Å²) in [6.45, 7) is -2.69. The first-order valence-corrected chi connectivity index (χ1v) is 10.4. The van der Waals surface area contributed by atoms with Gasteiger partial charge in [-0.3, -0.25) is 9.36 Å². The number of rotatable bonds is 4. The van der Waals surface area contributed by atoms with E-state index in [-0.39, 0.29) is 0 Å². The maximum atomic E-state index is 11.8. The number of alkyl halides is 6. The Morgan fingerprint density at radius 1 is 0.857 bits per heavy atom. The lowest BCUT2D eigenvalue weighted by atomic mass is 10.6. The maximum absolute atomic E-state index is 11.8. The molecule has 0 aliphatic rings. The summed E-state index contributed by atoms with van der Waals surface area (Å²) in [5.41, 5.74) is 0. The standard InChI is InChI=1S/C5H4ClF3N2O2S.C5H6F3N3O2S/c6-14(12,13)4-1-10-11(2-4)3-5(7,8)9;6-5(7,8)3-11-2-4(1-10-11)14(9,12)13/h1-2H,3H2;1-2H,3H2,(H2,9,12,13). The third-order valence-corrected chi connectivity index (χ3v) is 4.69. The molecule has 0 bridgehead atoms. The van der Waals surface area contributed by atoms with Gasteiger partial charge in [0.2, 0.25) is 10.0 Å². The molecule has 2 aromatic heterocycles. The van der Waals surface area contributed by atoms with Crippen LogP contribution >= 0.6 is 10.7 Å². The Labute approximate surface area is 158 Å². The van der Waals surface area contributed by atoms with E-state index in [9.17, 15) is 43.2 Å². The molecule has 0 spiro atoms. The average molecular weight is 478 g/mol. The molecule has 0 fully saturated rings. The van der Waals surface area contributed by atoms with Crippen molar-refractivity contribution in [3.05, 3.63) is 24.8 Å². The molecule has 0 unspecified atom stereocenters. The third kappa shape index (κ3) is 8.89. The van der Waals surface area contributed by atoms with E-state index < -0.39 is 54.3 Å². The minimum Gasteiger partial charge on any atom is -0.262 e. The van der Waals surface area contributed by atoms with Crippen molar-refractivity contribution in [2.24, 2.45) is 5.14 Å². The lowest BCUT2D eigenvalue weighted by molar-refractivity contribution is -0.143. The van der Waals surface area contributed by atoms with Crippen molar-refractivity contribution in [2.45, 2.75) is 35.2 Å². The highest BCUT2D eigenvalue weighted by molar-refractivity contribution is 8.13. The number of hydrogen-bond donors (Lipinski definition) is 1. The van der Waals surface area contributed by atoms with E-state index in [0.717, 1.165) is 24.8 Å². The molecule has 28 heavy (non-hydrogen) atoms. The van der Waals surface area contributed by atoms with Gasteiger partial charge < -0.3 is 0 Å². The molecular formula is C10H10ClF6N5O4S2. The van der Waals surface area contributed by atoms with Gasteiger partial charge in [0.1, 0.15) is 22.9 Å². The van der Waals surface area contributed by atoms with Crippen molar-refractivity contribution in [1.82, 2.24) is 19.6 Å². The van der Waals surface area contributed by atoms with Crippen LogP contribution in [-0.4, -0.2) is 48.7 Å². The van der Waals surface area contributed by atoms with Crippen LogP contribution in [0.4, 0.5) is 26.3 Å². The smallest absolute Gasteiger partial charge is 0.262 e. The molecule has 0 aromatic carbocycles. The minimum atomic E-state index is -4.45. The Morgan fingerprint density at radius 2 is 1.21 bits per heavy atom. The number of sulfonamides is 1. The predicted molar refractivity (Wildman–Crippen MR) is 81.0 cm³/mol. The first-order chi connectivity index (χ1) is 12.4. The molecule has 0 aliphatic heterocycles. The fourth-order valence-electron chi connectivity index (χ4n) is 1.50. The van der Waals surface area contributed by atoms with Gasteiger partial charge in [-0.25, -0.2) is 22.0 Å². The summed E-state index contributed by atoms with van der Waals surface area (Å²) in [6, 6.07) is 0. The quantitative estimate of drug-likeness (QED) is 0.524. The summed E-state index contributed by atoms with van der Waals surface area (Å²) in [4.78, 5) is -0.898. The van der Waals surface area contributed by atoms with Gasteiger partial charge in [-0.2, -0.15) is 36.5 Å². The highest BCUT2D eigenvalue weighted by Crippen LogP contribution is 2.19. The molecule has 2 N–H and O–H groups in total. The minimum absolute atomic E-state index is 0.443. The van der Waals surface area contributed by atoms with Crippen molar-refractivity contribution in [3.8, 4) is 0 Å². The molecule has 0 saturated carbocycles.